The van der Waals surface area contributed by atoms with Gasteiger partial charge in [-0.15, -0.1) is 0 Å². The van der Waals surface area contributed by atoms with E-state index < -0.39 is 0 Å². The van der Waals surface area contributed by atoms with E-state index in [9.17, 15) is 0 Å². The molecule has 108 valence electrons. The summed E-state index contributed by atoms with van der Waals surface area (Å²) < 4.78 is 0. The molecule has 0 aliphatic carbocycles. The third-order valence-electron chi connectivity index (χ3n) is 3.82. The Morgan fingerprint density at radius 3 is 2.47 bits per heavy atom. The van der Waals surface area contributed by atoms with Crippen molar-refractivity contribution < 1.29 is 0 Å². The molecular weight excluding hydrogens is 232 g/mol. The Labute approximate surface area is 119 Å². The molecule has 1 aromatic carbocycles. The summed E-state index contributed by atoms with van der Waals surface area (Å²) in [5.41, 5.74) is 2.96. The van der Waals surface area contributed by atoms with Crippen molar-refractivity contribution in [2.75, 3.05) is 20.1 Å². The van der Waals surface area contributed by atoms with E-state index in [1.54, 1.807) is 0 Å². The molecule has 1 N–H and O–H groups in total. The molecule has 0 radical (unpaired) electrons. The molecule has 19 heavy (non-hydrogen) atoms. The Balaban J connectivity index is 2.61. The summed E-state index contributed by atoms with van der Waals surface area (Å²) in [6.45, 7) is 9.92. The van der Waals surface area contributed by atoms with Gasteiger partial charge in [-0.3, -0.25) is 4.90 Å². The Bertz CT molecular complexity index is 349. The summed E-state index contributed by atoms with van der Waals surface area (Å²) in [6, 6.07) is 9.51. The summed E-state index contributed by atoms with van der Waals surface area (Å²) in [4.78, 5) is 2.47. The highest BCUT2D eigenvalue weighted by molar-refractivity contribution is 5.27. The predicted octanol–water partition coefficient (Wildman–Crippen LogP) is 3.46. The highest BCUT2D eigenvalue weighted by Gasteiger charge is 2.10. The van der Waals surface area contributed by atoms with Crippen molar-refractivity contribution >= 4 is 0 Å². The van der Waals surface area contributed by atoms with Gasteiger partial charge >= 0.3 is 0 Å². The smallest absolute Gasteiger partial charge is 0.0236 e. The third-order valence-corrected chi connectivity index (χ3v) is 3.82. The van der Waals surface area contributed by atoms with E-state index >= 15 is 0 Å². The first-order valence-corrected chi connectivity index (χ1v) is 7.66. The van der Waals surface area contributed by atoms with Gasteiger partial charge in [0.05, 0.1) is 0 Å². The lowest BCUT2D eigenvalue weighted by atomic mass is 10.0. The van der Waals surface area contributed by atoms with Crippen LogP contribution in [0.3, 0.4) is 0 Å². The molecule has 0 saturated carbocycles. The van der Waals surface area contributed by atoms with Crippen LogP contribution in [0.1, 0.15) is 44.7 Å². The average molecular weight is 262 g/mol. The summed E-state index contributed by atoms with van der Waals surface area (Å²) in [5, 5.41) is 3.41. The van der Waals surface area contributed by atoms with Crippen molar-refractivity contribution in [2.24, 2.45) is 0 Å². The first-order valence-electron chi connectivity index (χ1n) is 7.66. The van der Waals surface area contributed by atoms with Gasteiger partial charge in [-0.1, -0.05) is 44.5 Å². The molecule has 2 heteroatoms. The average Bonchev–Trinajstić information content (AvgIpc) is 2.41. The van der Waals surface area contributed by atoms with Crippen LogP contribution in [0.5, 0.6) is 0 Å². The van der Waals surface area contributed by atoms with Gasteiger partial charge in [0.1, 0.15) is 0 Å². The fourth-order valence-electron chi connectivity index (χ4n) is 2.42. The summed E-state index contributed by atoms with van der Waals surface area (Å²) >= 11 is 0. The van der Waals surface area contributed by atoms with Crippen molar-refractivity contribution in [3.63, 3.8) is 0 Å². The van der Waals surface area contributed by atoms with Crippen molar-refractivity contribution in [3.8, 4) is 0 Å². The van der Waals surface area contributed by atoms with Crippen molar-refractivity contribution in [2.45, 2.75) is 52.6 Å². The van der Waals surface area contributed by atoms with E-state index in [1.807, 2.05) is 0 Å². The van der Waals surface area contributed by atoms with E-state index in [-0.39, 0.29) is 0 Å². The van der Waals surface area contributed by atoms with E-state index in [1.165, 1.54) is 24.0 Å². The SMILES string of the molecule is CCCC(C)N(C)Cc1ccccc1CCNCC. The molecule has 1 aromatic rings. The second-order valence-electron chi connectivity index (χ2n) is 5.43. The van der Waals surface area contributed by atoms with Crippen LogP contribution >= 0.6 is 0 Å². The Morgan fingerprint density at radius 1 is 1.16 bits per heavy atom. The lowest BCUT2D eigenvalue weighted by molar-refractivity contribution is 0.236. The standard InChI is InChI=1S/C17H30N2/c1-5-9-15(3)19(4)14-17-11-8-7-10-16(17)12-13-18-6-2/h7-8,10-11,15,18H,5-6,9,12-14H2,1-4H3. The number of rotatable bonds is 9. The fourth-order valence-corrected chi connectivity index (χ4v) is 2.42. The third kappa shape index (κ3) is 5.75. The summed E-state index contributed by atoms with van der Waals surface area (Å²) in [5.74, 6) is 0. The van der Waals surface area contributed by atoms with Crippen LogP contribution in [0, 0.1) is 0 Å². The van der Waals surface area contributed by atoms with Gasteiger partial charge in [0.15, 0.2) is 0 Å². The monoisotopic (exact) mass is 262 g/mol. The van der Waals surface area contributed by atoms with Gasteiger partial charge in [0, 0.05) is 12.6 Å². The molecule has 0 spiro atoms. The van der Waals surface area contributed by atoms with E-state index in [0.29, 0.717) is 6.04 Å². The normalized spacial score (nSPS) is 12.9. The largest absolute Gasteiger partial charge is 0.317 e. The summed E-state index contributed by atoms with van der Waals surface area (Å²) in [6.07, 6.45) is 3.66. The van der Waals surface area contributed by atoms with Gasteiger partial charge in [-0.05, 0) is 51.0 Å². The van der Waals surface area contributed by atoms with Crippen LogP contribution < -0.4 is 5.32 Å². The quantitative estimate of drug-likeness (QED) is 0.686. The first kappa shape index (κ1) is 16.2. The molecule has 0 saturated heterocycles. The molecule has 0 amide bonds. The van der Waals surface area contributed by atoms with Gasteiger partial charge in [-0.2, -0.15) is 0 Å². The highest BCUT2D eigenvalue weighted by atomic mass is 15.1. The Hall–Kier alpha value is -0.860. The van der Waals surface area contributed by atoms with E-state index in [0.717, 1.165) is 26.1 Å². The van der Waals surface area contributed by atoms with Crippen LogP contribution in [0.15, 0.2) is 24.3 Å². The molecule has 0 fully saturated rings. The number of hydrogen-bond donors (Lipinski definition) is 1. The molecule has 2 nitrogen and oxygen atoms in total. The predicted molar refractivity (Wildman–Crippen MR) is 84.5 cm³/mol. The number of likely N-dealkylation sites (N-methyl/N-ethyl adjacent to an activating group) is 1. The molecular formula is C17H30N2. The molecule has 0 bridgehead atoms. The number of nitrogens with zero attached hydrogens (tertiary/aromatic N) is 1. The number of nitrogens with one attached hydrogen (secondary N) is 1. The van der Waals surface area contributed by atoms with Crippen molar-refractivity contribution in [3.05, 3.63) is 35.4 Å². The van der Waals surface area contributed by atoms with Gasteiger partial charge in [0.2, 0.25) is 0 Å². The van der Waals surface area contributed by atoms with Crippen LogP contribution in [0.2, 0.25) is 0 Å². The number of hydrogen-bond acceptors (Lipinski definition) is 2. The van der Waals surface area contributed by atoms with Crippen molar-refractivity contribution in [1.82, 2.24) is 10.2 Å². The van der Waals surface area contributed by atoms with E-state index in [2.05, 4.69) is 62.3 Å². The highest BCUT2D eigenvalue weighted by Crippen LogP contribution is 2.14. The molecule has 0 aromatic heterocycles. The van der Waals surface area contributed by atoms with Crippen LogP contribution in [-0.4, -0.2) is 31.1 Å². The minimum atomic E-state index is 0.659. The fraction of sp³-hybridized carbons (Fsp3) is 0.647. The second kappa shape index (κ2) is 9.11. The maximum Gasteiger partial charge on any atom is 0.0236 e. The Morgan fingerprint density at radius 2 is 1.84 bits per heavy atom. The first-order chi connectivity index (χ1) is 9.19. The molecule has 1 atom stereocenters. The van der Waals surface area contributed by atoms with Gasteiger partial charge in [-0.25, -0.2) is 0 Å². The maximum atomic E-state index is 3.41. The minimum absolute atomic E-state index is 0.659. The van der Waals surface area contributed by atoms with Gasteiger partial charge in [0.25, 0.3) is 0 Å². The maximum absolute atomic E-state index is 3.41. The van der Waals surface area contributed by atoms with E-state index in [4.69, 9.17) is 0 Å². The summed E-state index contributed by atoms with van der Waals surface area (Å²) in [7, 11) is 2.24. The van der Waals surface area contributed by atoms with Gasteiger partial charge < -0.3 is 5.32 Å². The zero-order valence-corrected chi connectivity index (χ0v) is 13.1. The molecule has 1 unspecified atom stereocenters. The second-order valence-corrected chi connectivity index (χ2v) is 5.43. The van der Waals surface area contributed by atoms with Crippen LogP contribution in [0.25, 0.3) is 0 Å². The zero-order chi connectivity index (χ0) is 14.1. The molecule has 0 heterocycles. The zero-order valence-electron chi connectivity index (χ0n) is 13.1. The minimum Gasteiger partial charge on any atom is -0.317 e. The van der Waals surface area contributed by atoms with Crippen molar-refractivity contribution in [1.29, 1.82) is 0 Å². The molecule has 0 aliphatic heterocycles. The topological polar surface area (TPSA) is 15.3 Å². The van der Waals surface area contributed by atoms with Crippen LogP contribution in [-0.2, 0) is 13.0 Å². The number of benzene rings is 1. The van der Waals surface area contributed by atoms with Crippen LogP contribution in [0.4, 0.5) is 0 Å². The molecule has 0 aliphatic rings. The lowest BCUT2D eigenvalue weighted by Crippen LogP contribution is -2.29. The molecule has 1 rings (SSSR count). The Kier molecular flexibility index (Phi) is 7.76. The lowest BCUT2D eigenvalue weighted by Gasteiger charge is -2.25.